The molecule has 2 aromatic rings. The maximum absolute atomic E-state index is 12.5. The van der Waals surface area contributed by atoms with Crippen molar-refractivity contribution in [3.8, 4) is 0 Å². The summed E-state index contributed by atoms with van der Waals surface area (Å²) in [5.74, 6) is -1.47. The Kier molecular flexibility index (Phi) is 6.15. The van der Waals surface area contributed by atoms with Crippen LogP contribution in [0.25, 0.3) is 0 Å². The van der Waals surface area contributed by atoms with Gasteiger partial charge in [-0.25, -0.2) is 0 Å². The van der Waals surface area contributed by atoms with Crippen LogP contribution >= 0.6 is 0 Å². The minimum atomic E-state index is -0.538. The van der Waals surface area contributed by atoms with E-state index in [2.05, 4.69) is 10.6 Å². The molecule has 1 atom stereocenters. The van der Waals surface area contributed by atoms with Crippen LogP contribution in [0.1, 0.15) is 41.0 Å². The van der Waals surface area contributed by atoms with E-state index in [1.807, 2.05) is 13.8 Å². The van der Waals surface area contributed by atoms with Crippen LogP contribution < -0.4 is 16.4 Å². The lowest BCUT2D eigenvalue weighted by Gasteiger charge is -2.20. The third kappa shape index (κ3) is 4.83. The number of likely N-dealkylation sites (tertiary alicyclic amines) is 1. The highest BCUT2D eigenvalue weighted by molar-refractivity contribution is 6.05. The third-order valence-corrected chi connectivity index (χ3v) is 4.99. The molecule has 0 bridgehead atoms. The van der Waals surface area contributed by atoms with Crippen LogP contribution in [0.2, 0.25) is 0 Å². The Bertz CT molecular complexity index is 968. The molecule has 3 rings (SSSR count). The Morgan fingerprint density at radius 3 is 1.97 bits per heavy atom. The summed E-state index contributed by atoms with van der Waals surface area (Å²) in [6, 6.07) is 12.8. The van der Waals surface area contributed by atoms with Gasteiger partial charge in [-0.05, 0) is 62.4 Å². The van der Waals surface area contributed by atoms with Crippen molar-refractivity contribution in [3.05, 3.63) is 59.7 Å². The first-order valence-electron chi connectivity index (χ1n) is 9.66. The number of hydrogen-bond donors (Lipinski definition) is 3. The fourth-order valence-corrected chi connectivity index (χ4v) is 3.28. The number of anilines is 2. The summed E-state index contributed by atoms with van der Waals surface area (Å²) in [5, 5.41) is 5.53. The topological polar surface area (TPSA) is 122 Å². The molecule has 1 aliphatic rings. The fourth-order valence-electron chi connectivity index (χ4n) is 3.28. The molecule has 0 radical (unpaired) electrons. The van der Waals surface area contributed by atoms with Crippen LogP contribution in [0.5, 0.6) is 0 Å². The molecule has 1 unspecified atom stereocenters. The number of nitrogens with zero attached hydrogens (tertiary/aromatic N) is 1. The zero-order valence-corrected chi connectivity index (χ0v) is 16.8. The second kappa shape index (κ2) is 8.77. The fraction of sp³-hybridized carbons (Fsp3) is 0.273. The summed E-state index contributed by atoms with van der Waals surface area (Å²) in [6.07, 6.45) is 0.207. The Morgan fingerprint density at radius 1 is 0.933 bits per heavy atom. The largest absolute Gasteiger partial charge is 0.366 e. The first-order chi connectivity index (χ1) is 14.2. The van der Waals surface area contributed by atoms with Gasteiger partial charge >= 0.3 is 0 Å². The zero-order chi connectivity index (χ0) is 21.8. The average molecular weight is 408 g/mol. The summed E-state index contributed by atoms with van der Waals surface area (Å²) < 4.78 is 0. The smallest absolute Gasteiger partial charge is 0.255 e. The molecule has 2 aromatic carbocycles. The van der Waals surface area contributed by atoms with Crippen molar-refractivity contribution in [2.75, 3.05) is 17.2 Å². The molecule has 1 saturated heterocycles. The van der Waals surface area contributed by atoms with Gasteiger partial charge in [0.15, 0.2) is 0 Å². The molecule has 0 aromatic heterocycles. The average Bonchev–Trinajstić information content (AvgIpc) is 3.11. The zero-order valence-electron chi connectivity index (χ0n) is 16.8. The van der Waals surface area contributed by atoms with Gasteiger partial charge in [-0.1, -0.05) is 0 Å². The maximum atomic E-state index is 12.5. The van der Waals surface area contributed by atoms with E-state index in [0.29, 0.717) is 29.0 Å². The lowest BCUT2D eigenvalue weighted by molar-refractivity contribution is -0.129. The van der Waals surface area contributed by atoms with Gasteiger partial charge in [-0.2, -0.15) is 0 Å². The number of primary amides is 1. The number of nitrogens with one attached hydrogen (secondary N) is 2. The SMILES string of the molecule is CC(C)N1CC(C(=O)Nc2ccc(C(=O)Nc3ccc(C(N)=O)cc3)cc2)CC1=O. The Balaban J connectivity index is 1.58. The van der Waals surface area contributed by atoms with E-state index in [1.54, 1.807) is 41.3 Å². The van der Waals surface area contributed by atoms with E-state index >= 15 is 0 Å². The van der Waals surface area contributed by atoms with Crippen molar-refractivity contribution >= 4 is 35.0 Å². The van der Waals surface area contributed by atoms with Crippen molar-refractivity contribution in [1.82, 2.24) is 4.90 Å². The molecule has 4 amide bonds. The summed E-state index contributed by atoms with van der Waals surface area (Å²) in [6.45, 7) is 4.26. The molecule has 0 spiro atoms. The van der Waals surface area contributed by atoms with Crippen LogP contribution in [-0.4, -0.2) is 41.1 Å². The highest BCUT2D eigenvalue weighted by atomic mass is 16.2. The number of hydrogen-bond acceptors (Lipinski definition) is 4. The Hall–Kier alpha value is -3.68. The highest BCUT2D eigenvalue weighted by Gasteiger charge is 2.35. The van der Waals surface area contributed by atoms with Crippen LogP contribution in [0.15, 0.2) is 48.5 Å². The van der Waals surface area contributed by atoms with E-state index < -0.39 is 5.91 Å². The first kappa shape index (κ1) is 21.0. The monoisotopic (exact) mass is 408 g/mol. The van der Waals surface area contributed by atoms with Gasteiger partial charge in [0.2, 0.25) is 17.7 Å². The molecule has 4 N–H and O–H groups in total. The number of amides is 4. The molecular formula is C22H24N4O4. The first-order valence-corrected chi connectivity index (χ1v) is 9.66. The highest BCUT2D eigenvalue weighted by Crippen LogP contribution is 2.22. The van der Waals surface area contributed by atoms with Gasteiger partial charge in [-0.15, -0.1) is 0 Å². The number of carbonyl (C=O) groups is 4. The predicted octanol–water partition coefficient (Wildman–Crippen LogP) is 2.23. The number of benzene rings is 2. The van der Waals surface area contributed by atoms with E-state index in [-0.39, 0.29) is 36.1 Å². The standard InChI is InChI=1S/C22H24N4O4/c1-13(2)26-12-16(11-19(26)27)22(30)25-18-9-5-15(6-10-18)21(29)24-17-7-3-14(4-8-17)20(23)28/h3-10,13,16H,11-12H2,1-2H3,(H2,23,28)(H,24,29)(H,25,30). The summed E-state index contributed by atoms with van der Waals surface area (Å²) in [4.78, 5) is 49.6. The van der Waals surface area contributed by atoms with E-state index in [9.17, 15) is 19.2 Å². The van der Waals surface area contributed by atoms with E-state index in [0.717, 1.165) is 0 Å². The van der Waals surface area contributed by atoms with Crippen molar-refractivity contribution in [1.29, 1.82) is 0 Å². The lowest BCUT2D eigenvalue weighted by atomic mass is 10.1. The normalized spacial score (nSPS) is 15.9. The molecule has 1 fully saturated rings. The molecule has 0 saturated carbocycles. The van der Waals surface area contributed by atoms with Gasteiger partial charge in [0.1, 0.15) is 0 Å². The van der Waals surface area contributed by atoms with Gasteiger partial charge in [-0.3, -0.25) is 19.2 Å². The summed E-state index contributed by atoms with van der Waals surface area (Å²) >= 11 is 0. The quantitative estimate of drug-likeness (QED) is 0.678. The summed E-state index contributed by atoms with van der Waals surface area (Å²) in [7, 11) is 0. The van der Waals surface area contributed by atoms with Crippen LogP contribution in [-0.2, 0) is 9.59 Å². The molecule has 156 valence electrons. The minimum Gasteiger partial charge on any atom is -0.366 e. The Morgan fingerprint density at radius 2 is 1.47 bits per heavy atom. The number of rotatable bonds is 6. The van der Waals surface area contributed by atoms with Crippen LogP contribution in [0, 0.1) is 5.92 Å². The van der Waals surface area contributed by atoms with Crippen molar-refractivity contribution in [2.24, 2.45) is 11.7 Å². The molecule has 8 nitrogen and oxygen atoms in total. The predicted molar refractivity (Wildman–Crippen MR) is 113 cm³/mol. The second-order valence-corrected chi connectivity index (χ2v) is 7.50. The molecule has 1 heterocycles. The second-order valence-electron chi connectivity index (χ2n) is 7.50. The van der Waals surface area contributed by atoms with Gasteiger partial charge in [0, 0.05) is 41.5 Å². The molecular weight excluding hydrogens is 384 g/mol. The van der Waals surface area contributed by atoms with Gasteiger partial charge in [0.05, 0.1) is 5.92 Å². The van der Waals surface area contributed by atoms with Crippen molar-refractivity contribution < 1.29 is 19.2 Å². The summed E-state index contributed by atoms with van der Waals surface area (Å²) in [5.41, 5.74) is 7.05. The van der Waals surface area contributed by atoms with Crippen LogP contribution in [0.3, 0.4) is 0 Å². The molecule has 0 aliphatic carbocycles. The Labute approximate surface area is 174 Å². The van der Waals surface area contributed by atoms with E-state index in [4.69, 9.17) is 5.73 Å². The molecule has 1 aliphatic heterocycles. The number of carbonyl (C=O) groups excluding carboxylic acids is 4. The number of nitrogens with two attached hydrogens (primary N) is 1. The minimum absolute atomic E-state index is 0.0129. The third-order valence-electron chi connectivity index (χ3n) is 4.99. The van der Waals surface area contributed by atoms with Gasteiger partial charge in [0.25, 0.3) is 5.91 Å². The maximum Gasteiger partial charge on any atom is 0.255 e. The lowest BCUT2D eigenvalue weighted by Crippen LogP contribution is -2.33. The molecule has 8 heteroatoms. The van der Waals surface area contributed by atoms with Crippen molar-refractivity contribution in [3.63, 3.8) is 0 Å². The van der Waals surface area contributed by atoms with Crippen molar-refractivity contribution in [2.45, 2.75) is 26.3 Å². The van der Waals surface area contributed by atoms with Gasteiger partial charge < -0.3 is 21.3 Å². The van der Waals surface area contributed by atoms with Crippen LogP contribution in [0.4, 0.5) is 11.4 Å². The van der Waals surface area contributed by atoms with E-state index in [1.165, 1.54) is 12.1 Å². The molecule has 30 heavy (non-hydrogen) atoms.